The Labute approximate surface area is 102 Å². The van der Waals surface area contributed by atoms with Gasteiger partial charge in [0.2, 0.25) is 0 Å². The molecule has 0 fully saturated rings. The molecular formula is C12H17Cl2N. The van der Waals surface area contributed by atoms with Gasteiger partial charge in [-0.05, 0) is 18.1 Å². The molecule has 0 unspecified atom stereocenters. The van der Waals surface area contributed by atoms with Gasteiger partial charge in [0.1, 0.15) is 0 Å². The van der Waals surface area contributed by atoms with Crippen molar-refractivity contribution in [2.45, 2.75) is 26.7 Å². The summed E-state index contributed by atoms with van der Waals surface area (Å²) in [6.07, 6.45) is 2.34. The second-order valence-electron chi connectivity index (χ2n) is 3.66. The lowest BCUT2D eigenvalue weighted by atomic mass is 10.0. The Morgan fingerprint density at radius 2 is 1.67 bits per heavy atom. The molecule has 0 bridgehead atoms. The van der Waals surface area contributed by atoms with E-state index in [4.69, 9.17) is 23.2 Å². The zero-order valence-corrected chi connectivity index (χ0v) is 10.7. The van der Waals surface area contributed by atoms with Crippen LogP contribution < -0.4 is 5.32 Å². The Kier molecular flexibility index (Phi) is 5.27. The highest BCUT2D eigenvalue weighted by Gasteiger charge is 2.07. The van der Waals surface area contributed by atoms with Crippen LogP contribution in [0.1, 0.15) is 26.7 Å². The van der Waals surface area contributed by atoms with E-state index in [-0.39, 0.29) is 0 Å². The summed E-state index contributed by atoms with van der Waals surface area (Å²) >= 11 is 12.1. The van der Waals surface area contributed by atoms with E-state index in [2.05, 4.69) is 19.2 Å². The van der Waals surface area contributed by atoms with Crippen molar-refractivity contribution >= 4 is 28.9 Å². The number of para-hydroxylation sites is 1. The van der Waals surface area contributed by atoms with E-state index >= 15 is 0 Å². The molecule has 0 heterocycles. The standard InChI is InChI=1S/C12H17Cl2N/c1-3-9(4-2)8-15-12-10(13)6-5-7-11(12)14/h5-7,9,15H,3-4,8H2,1-2H3. The molecule has 0 spiro atoms. The molecule has 0 aliphatic carbocycles. The maximum absolute atomic E-state index is 6.05. The highest BCUT2D eigenvalue weighted by molar-refractivity contribution is 6.39. The Morgan fingerprint density at radius 1 is 1.13 bits per heavy atom. The monoisotopic (exact) mass is 245 g/mol. The number of halogens is 2. The number of hydrogen-bond donors (Lipinski definition) is 1. The smallest absolute Gasteiger partial charge is 0.0719 e. The van der Waals surface area contributed by atoms with Crippen LogP contribution in [0.3, 0.4) is 0 Å². The number of hydrogen-bond acceptors (Lipinski definition) is 1. The van der Waals surface area contributed by atoms with Crippen molar-refractivity contribution in [1.82, 2.24) is 0 Å². The average molecular weight is 246 g/mol. The van der Waals surface area contributed by atoms with Crippen LogP contribution in [0.15, 0.2) is 18.2 Å². The van der Waals surface area contributed by atoms with Crippen LogP contribution in [0.25, 0.3) is 0 Å². The Balaban J connectivity index is 2.64. The van der Waals surface area contributed by atoms with Crippen LogP contribution in [0, 0.1) is 5.92 Å². The molecule has 0 saturated carbocycles. The maximum atomic E-state index is 6.05. The van der Waals surface area contributed by atoms with Gasteiger partial charge in [-0.25, -0.2) is 0 Å². The van der Waals surface area contributed by atoms with Gasteiger partial charge >= 0.3 is 0 Å². The van der Waals surface area contributed by atoms with E-state index in [9.17, 15) is 0 Å². The summed E-state index contributed by atoms with van der Waals surface area (Å²) in [5.74, 6) is 0.678. The summed E-state index contributed by atoms with van der Waals surface area (Å²) in [4.78, 5) is 0. The van der Waals surface area contributed by atoms with Crippen LogP contribution in [0.4, 0.5) is 5.69 Å². The van der Waals surface area contributed by atoms with Crippen molar-refractivity contribution in [3.63, 3.8) is 0 Å². The van der Waals surface area contributed by atoms with Gasteiger partial charge in [0.05, 0.1) is 15.7 Å². The molecule has 15 heavy (non-hydrogen) atoms. The first-order valence-corrected chi connectivity index (χ1v) is 6.12. The van der Waals surface area contributed by atoms with Gasteiger partial charge < -0.3 is 5.32 Å². The summed E-state index contributed by atoms with van der Waals surface area (Å²) in [6.45, 7) is 5.32. The predicted octanol–water partition coefficient (Wildman–Crippen LogP) is 4.84. The van der Waals surface area contributed by atoms with Crippen molar-refractivity contribution in [3.8, 4) is 0 Å². The third-order valence-corrected chi connectivity index (χ3v) is 3.31. The topological polar surface area (TPSA) is 12.0 Å². The number of benzene rings is 1. The number of rotatable bonds is 5. The van der Waals surface area contributed by atoms with Crippen LogP contribution in [-0.2, 0) is 0 Å². The van der Waals surface area contributed by atoms with Crippen molar-refractivity contribution in [2.75, 3.05) is 11.9 Å². The van der Waals surface area contributed by atoms with Gasteiger partial charge in [0, 0.05) is 6.54 Å². The first-order chi connectivity index (χ1) is 7.19. The highest BCUT2D eigenvalue weighted by Crippen LogP contribution is 2.30. The summed E-state index contributed by atoms with van der Waals surface area (Å²) in [6, 6.07) is 5.55. The van der Waals surface area contributed by atoms with Gasteiger partial charge in [-0.15, -0.1) is 0 Å². The lowest BCUT2D eigenvalue weighted by molar-refractivity contribution is 0.519. The predicted molar refractivity (Wildman–Crippen MR) is 69.0 cm³/mol. The van der Waals surface area contributed by atoms with Gasteiger partial charge in [0.25, 0.3) is 0 Å². The summed E-state index contributed by atoms with van der Waals surface area (Å²) in [5, 5.41) is 4.70. The zero-order valence-electron chi connectivity index (χ0n) is 9.19. The minimum absolute atomic E-state index is 0.678. The highest BCUT2D eigenvalue weighted by atomic mass is 35.5. The van der Waals surface area contributed by atoms with Crippen molar-refractivity contribution in [1.29, 1.82) is 0 Å². The van der Waals surface area contributed by atoms with E-state index in [1.165, 1.54) is 12.8 Å². The first-order valence-electron chi connectivity index (χ1n) is 5.36. The Bertz CT molecular complexity index is 288. The maximum Gasteiger partial charge on any atom is 0.0719 e. The fourth-order valence-corrected chi connectivity index (χ4v) is 2.02. The average Bonchev–Trinajstić information content (AvgIpc) is 2.23. The van der Waals surface area contributed by atoms with Crippen molar-refractivity contribution in [3.05, 3.63) is 28.2 Å². The van der Waals surface area contributed by atoms with Crippen LogP contribution in [-0.4, -0.2) is 6.54 Å². The molecule has 1 aromatic carbocycles. The second kappa shape index (κ2) is 6.24. The molecule has 3 heteroatoms. The lowest BCUT2D eigenvalue weighted by Crippen LogP contribution is -2.13. The minimum atomic E-state index is 0.678. The molecule has 1 aromatic rings. The molecule has 0 aliphatic heterocycles. The fourth-order valence-electron chi connectivity index (χ4n) is 1.49. The molecule has 0 saturated heterocycles. The normalized spacial score (nSPS) is 10.7. The SMILES string of the molecule is CCC(CC)CNc1c(Cl)cccc1Cl. The molecule has 1 rings (SSSR count). The number of anilines is 1. The molecule has 84 valence electrons. The largest absolute Gasteiger partial charge is 0.382 e. The Morgan fingerprint density at radius 3 is 2.13 bits per heavy atom. The molecule has 1 nitrogen and oxygen atoms in total. The van der Waals surface area contributed by atoms with E-state index in [0.717, 1.165) is 12.2 Å². The van der Waals surface area contributed by atoms with E-state index in [0.29, 0.717) is 16.0 Å². The van der Waals surface area contributed by atoms with Crippen LogP contribution >= 0.6 is 23.2 Å². The number of nitrogens with one attached hydrogen (secondary N) is 1. The zero-order chi connectivity index (χ0) is 11.3. The van der Waals surface area contributed by atoms with Crippen molar-refractivity contribution < 1.29 is 0 Å². The molecule has 0 radical (unpaired) electrons. The third-order valence-electron chi connectivity index (χ3n) is 2.68. The van der Waals surface area contributed by atoms with Crippen LogP contribution in [0.2, 0.25) is 10.0 Å². The quantitative estimate of drug-likeness (QED) is 0.783. The summed E-state index contributed by atoms with van der Waals surface area (Å²) in [5.41, 5.74) is 0.854. The summed E-state index contributed by atoms with van der Waals surface area (Å²) in [7, 11) is 0. The minimum Gasteiger partial charge on any atom is -0.382 e. The van der Waals surface area contributed by atoms with Crippen LogP contribution in [0.5, 0.6) is 0 Å². The summed E-state index contributed by atoms with van der Waals surface area (Å²) < 4.78 is 0. The van der Waals surface area contributed by atoms with E-state index in [1.54, 1.807) is 0 Å². The van der Waals surface area contributed by atoms with E-state index in [1.807, 2.05) is 18.2 Å². The molecule has 0 atom stereocenters. The van der Waals surface area contributed by atoms with E-state index < -0.39 is 0 Å². The van der Waals surface area contributed by atoms with Gasteiger partial charge in [-0.2, -0.15) is 0 Å². The lowest BCUT2D eigenvalue weighted by Gasteiger charge is -2.16. The second-order valence-corrected chi connectivity index (χ2v) is 4.47. The third kappa shape index (κ3) is 3.58. The van der Waals surface area contributed by atoms with Crippen molar-refractivity contribution in [2.24, 2.45) is 5.92 Å². The molecule has 1 N–H and O–H groups in total. The Hall–Kier alpha value is -0.400. The fraction of sp³-hybridized carbons (Fsp3) is 0.500. The molecule has 0 amide bonds. The molecule has 0 aromatic heterocycles. The van der Waals surface area contributed by atoms with Gasteiger partial charge in [-0.1, -0.05) is 56.0 Å². The van der Waals surface area contributed by atoms with Gasteiger partial charge in [0.15, 0.2) is 0 Å². The van der Waals surface area contributed by atoms with Gasteiger partial charge in [-0.3, -0.25) is 0 Å². The molecular weight excluding hydrogens is 229 g/mol. The molecule has 0 aliphatic rings. The first kappa shape index (κ1) is 12.7.